The van der Waals surface area contributed by atoms with E-state index in [1.54, 1.807) is 0 Å². The maximum atomic E-state index is 12.3. The number of nitrogens with two attached hydrogens (primary N) is 1. The molecular formula is C15H26N4O3. The van der Waals surface area contributed by atoms with Crippen LogP contribution in [-0.4, -0.2) is 41.4 Å². The Morgan fingerprint density at radius 2 is 1.82 bits per heavy atom. The minimum atomic E-state index is -1.19. The molecule has 0 aromatic rings. The molecule has 22 heavy (non-hydrogen) atoms. The summed E-state index contributed by atoms with van der Waals surface area (Å²) < 4.78 is 0. The number of imide groups is 1. The van der Waals surface area contributed by atoms with Crippen molar-refractivity contribution in [1.29, 1.82) is 0 Å². The number of nitrogens with zero attached hydrogens (tertiary/aromatic N) is 2. The summed E-state index contributed by atoms with van der Waals surface area (Å²) in [6.45, 7) is 4.89. The van der Waals surface area contributed by atoms with Crippen LogP contribution < -0.4 is 11.2 Å². The summed E-state index contributed by atoms with van der Waals surface area (Å²) in [6.07, 6.45) is 5.49. The van der Waals surface area contributed by atoms with Gasteiger partial charge in [0.2, 0.25) is 11.8 Å². The molecule has 0 saturated carbocycles. The molecule has 0 aromatic heterocycles. The lowest BCUT2D eigenvalue weighted by Crippen LogP contribution is -2.39. The molecule has 3 amide bonds. The second-order valence-corrected chi connectivity index (χ2v) is 5.45. The molecule has 0 aliphatic carbocycles. The van der Waals surface area contributed by atoms with E-state index >= 15 is 0 Å². The first-order chi connectivity index (χ1) is 10.6. The molecular weight excluding hydrogens is 284 g/mol. The summed E-state index contributed by atoms with van der Waals surface area (Å²) in [5.74, 6) is 2.47. The smallest absolute Gasteiger partial charge is 0.278 e. The van der Waals surface area contributed by atoms with Gasteiger partial charge < -0.3 is 11.2 Å². The predicted molar refractivity (Wildman–Crippen MR) is 83.9 cm³/mol. The Morgan fingerprint density at radius 1 is 1.18 bits per heavy atom. The van der Waals surface area contributed by atoms with Gasteiger partial charge in [-0.15, -0.1) is 0 Å². The standard InChI is InChI=1S/C15H26N4O3/c1-3-5-7-9-17-13(20)11-12(18-16)15(22)19(14(11)21)10-8-6-4-2/h11H,3-10,16H2,1-2H3,(H,17,20)/b18-12-. The number of nitrogens with one attached hydrogen (secondary N) is 1. The Balaban J connectivity index is 2.70. The van der Waals surface area contributed by atoms with E-state index in [2.05, 4.69) is 17.3 Å². The highest BCUT2D eigenvalue weighted by Crippen LogP contribution is 2.18. The Labute approximate surface area is 131 Å². The van der Waals surface area contributed by atoms with Crippen LogP contribution in [0.4, 0.5) is 0 Å². The molecule has 7 heteroatoms. The summed E-state index contributed by atoms with van der Waals surface area (Å²) >= 11 is 0. The molecule has 1 unspecified atom stereocenters. The first-order valence-electron chi connectivity index (χ1n) is 7.99. The second-order valence-electron chi connectivity index (χ2n) is 5.45. The van der Waals surface area contributed by atoms with E-state index in [1.165, 1.54) is 0 Å². The molecule has 3 N–H and O–H groups in total. The number of carbonyl (C=O) groups is 3. The van der Waals surface area contributed by atoms with Crippen molar-refractivity contribution in [3.05, 3.63) is 0 Å². The Morgan fingerprint density at radius 3 is 2.41 bits per heavy atom. The van der Waals surface area contributed by atoms with Crippen LogP contribution in [0.3, 0.4) is 0 Å². The van der Waals surface area contributed by atoms with Gasteiger partial charge in [0.15, 0.2) is 5.92 Å². The number of likely N-dealkylation sites (tertiary alicyclic amines) is 1. The maximum absolute atomic E-state index is 12.3. The molecule has 0 spiro atoms. The fourth-order valence-corrected chi connectivity index (χ4v) is 2.42. The molecule has 1 heterocycles. The average Bonchev–Trinajstić information content (AvgIpc) is 2.75. The lowest BCUT2D eigenvalue weighted by atomic mass is 10.1. The number of hydrazone groups is 1. The van der Waals surface area contributed by atoms with Gasteiger partial charge >= 0.3 is 0 Å². The van der Waals surface area contributed by atoms with Gasteiger partial charge in [-0.2, -0.15) is 5.10 Å². The third kappa shape index (κ3) is 4.29. The largest absolute Gasteiger partial charge is 0.355 e. The first kappa shape index (κ1) is 18.1. The number of hydrogen-bond acceptors (Lipinski definition) is 5. The van der Waals surface area contributed by atoms with E-state index < -0.39 is 23.6 Å². The topological polar surface area (TPSA) is 105 Å². The molecule has 0 radical (unpaired) electrons. The summed E-state index contributed by atoms with van der Waals surface area (Å²) in [5.41, 5.74) is -0.158. The van der Waals surface area contributed by atoms with E-state index in [0.717, 1.165) is 43.4 Å². The SMILES string of the molecule is CCCCCNC(=O)C1C(=O)N(CCCCC)C(=O)/C1=N\N. The van der Waals surface area contributed by atoms with Crippen LogP contribution in [0.15, 0.2) is 5.10 Å². The van der Waals surface area contributed by atoms with Crippen molar-refractivity contribution in [1.82, 2.24) is 10.2 Å². The first-order valence-corrected chi connectivity index (χ1v) is 7.99. The second kappa shape index (κ2) is 9.17. The van der Waals surface area contributed by atoms with Crippen molar-refractivity contribution in [2.75, 3.05) is 13.1 Å². The molecule has 7 nitrogen and oxygen atoms in total. The van der Waals surface area contributed by atoms with Crippen molar-refractivity contribution in [3.63, 3.8) is 0 Å². The highest BCUT2D eigenvalue weighted by atomic mass is 16.2. The third-order valence-corrected chi connectivity index (χ3v) is 3.72. The molecule has 1 saturated heterocycles. The Bertz CT molecular complexity index is 448. The molecule has 0 bridgehead atoms. The number of carbonyl (C=O) groups excluding carboxylic acids is 3. The van der Waals surface area contributed by atoms with E-state index in [4.69, 9.17) is 5.84 Å². The summed E-state index contributed by atoms with van der Waals surface area (Å²) in [6, 6.07) is 0. The van der Waals surface area contributed by atoms with Crippen molar-refractivity contribution in [2.24, 2.45) is 16.9 Å². The van der Waals surface area contributed by atoms with E-state index in [0.29, 0.717) is 13.1 Å². The van der Waals surface area contributed by atoms with Gasteiger partial charge in [0, 0.05) is 13.1 Å². The zero-order chi connectivity index (χ0) is 16.5. The highest BCUT2D eigenvalue weighted by Gasteiger charge is 2.48. The maximum Gasteiger partial charge on any atom is 0.278 e. The van der Waals surface area contributed by atoms with Crippen LogP contribution in [0.25, 0.3) is 0 Å². The van der Waals surface area contributed by atoms with Gasteiger partial charge in [-0.25, -0.2) is 0 Å². The van der Waals surface area contributed by atoms with Crippen molar-refractivity contribution >= 4 is 23.4 Å². The van der Waals surface area contributed by atoms with E-state index in [-0.39, 0.29) is 5.71 Å². The van der Waals surface area contributed by atoms with Crippen molar-refractivity contribution in [2.45, 2.75) is 52.4 Å². The fraction of sp³-hybridized carbons (Fsp3) is 0.733. The van der Waals surface area contributed by atoms with Gasteiger partial charge in [0.05, 0.1) is 0 Å². The Hall–Kier alpha value is -1.92. The zero-order valence-electron chi connectivity index (χ0n) is 13.4. The minimum absolute atomic E-state index is 0.158. The van der Waals surface area contributed by atoms with E-state index in [9.17, 15) is 14.4 Å². The van der Waals surface area contributed by atoms with Crippen LogP contribution in [0.2, 0.25) is 0 Å². The van der Waals surface area contributed by atoms with E-state index in [1.807, 2.05) is 6.92 Å². The van der Waals surface area contributed by atoms with Gasteiger partial charge in [-0.3, -0.25) is 19.3 Å². The fourth-order valence-electron chi connectivity index (χ4n) is 2.42. The Kier molecular flexibility index (Phi) is 7.56. The number of amides is 3. The average molecular weight is 310 g/mol. The summed E-state index contributed by atoms with van der Waals surface area (Å²) in [5, 5.41) is 6.08. The number of rotatable bonds is 9. The van der Waals surface area contributed by atoms with Crippen molar-refractivity contribution < 1.29 is 14.4 Å². The van der Waals surface area contributed by atoms with Gasteiger partial charge in [0.25, 0.3) is 5.91 Å². The van der Waals surface area contributed by atoms with Crippen LogP contribution in [0, 0.1) is 5.92 Å². The van der Waals surface area contributed by atoms with Gasteiger partial charge in [-0.1, -0.05) is 39.5 Å². The highest BCUT2D eigenvalue weighted by molar-refractivity contribution is 6.54. The number of hydrogen-bond donors (Lipinski definition) is 2. The molecule has 1 fully saturated rings. The molecule has 124 valence electrons. The molecule has 1 atom stereocenters. The lowest BCUT2D eigenvalue weighted by molar-refractivity contribution is -0.141. The van der Waals surface area contributed by atoms with Crippen LogP contribution in [0.1, 0.15) is 52.4 Å². The molecule has 1 aliphatic rings. The van der Waals surface area contributed by atoms with Gasteiger partial charge in [-0.05, 0) is 12.8 Å². The quantitative estimate of drug-likeness (QED) is 0.216. The molecule has 1 aliphatic heterocycles. The number of unbranched alkanes of at least 4 members (excludes halogenated alkanes) is 4. The summed E-state index contributed by atoms with van der Waals surface area (Å²) in [7, 11) is 0. The minimum Gasteiger partial charge on any atom is -0.355 e. The molecule has 1 rings (SSSR count). The summed E-state index contributed by atoms with van der Waals surface area (Å²) in [4.78, 5) is 37.7. The monoisotopic (exact) mass is 310 g/mol. The molecule has 0 aromatic carbocycles. The van der Waals surface area contributed by atoms with Crippen molar-refractivity contribution in [3.8, 4) is 0 Å². The van der Waals surface area contributed by atoms with Crippen LogP contribution in [-0.2, 0) is 14.4 Å². The predicted octanol–water partition coefficient (Wildman–Crippen LogP) is 0.783. The zero-order valence-corrected chi connectivity index (χ0v) is 13.4. The third-order valence-electron chi connectivity index (χ3n) is 3.72. The van der Waals surface area contributed by atoms with Crippen LogP contribution >= 0.6 is 0 Å². The van der Waals surface area contributed by atoms with Crippen LogP contribution in [0.5, 0.6) is 0 Å². The lowest BCUT2D eigenvalue weighted by Gasteiger charge is -2.13. The van der Waals surface area contributed by atoms with Gasteiger partial charge in [0.1, 0.15) is 5.71 Å². The normalized spacial score (nSPS) is 20.0.